The minimum atomic E-state index is 0.690. The molecule has 2 aliphatic rings. The van der Waals surface area contributed by atoms with E-state index in [9.17, 15) is 0 Å². The predicted octanol–water partition coefficient (Wildman–Crippen LogP) is 1.39. The van der Waals surface area contributed by atoms with Gasteiger partial charge in [-0.15, -0.1) is 0 Å². The molecule has 0 bridgehead atoms. The maximum Gasteiger partial charge on any atom is 0.133 e. The molecule has 1 fully saturated rings. The normalized spacial score (nSPS) is 23.1. The number of pyridine rings is 1. The summed E-state index contributed by atoms with van der Waals surface area (Å²) in [6.07, 6.45) is 3.09. The van der Waals surface area contributed by atoms with E-state index in [1.165, 1.54) is 12.0 Å². The number of anilines is 1. The third-order valence-electron chi connectivity index (χ3n) is 4.35. The van der Waals surface area contributed by atoms with Gasteiger partial charge in [0.25, 0.3) is 0 Å². The molecule has 0 aliphatic carbocycles. The zero-order valence-electron chi connectivity index (χ0n) is 12.8. The largest absolute Gasteiger partial charge is 0.383 e. The Morgan fingerprint density at radius 3 is 3.19 bits per heavy atom. The van der Waals surface area contributed by atoms with E-state index in [-0.39, 0.29) is 0 Å². The molecule has 0 radical (unpaired) electrons. The van der Waals surface area contributed by atoms with Gasteiger partial charge in [-0.2, -0.15) is 0 Å². The molecule has 1 atom stereocenters. The van der Waals surface area contributed by atoms with E-state index in [0.29, 0.717) is 5.92 Å². The summed E-state index contributed by atoms with van der Waals surface area (Å²) in [5, 5.41) is 0. The van der Waals surface area contributed by atoms with Crippen LogP contribution in [0.15, 0.2) is 18.3 Å². The summed E-state index contributed by atoms with van der Waals surface area (Å²) in [5.74, 6) is 1.82. The molecule has 0 N–H and O–H groups in total. The van der Waals surface area contributed by atoms with Gasteiger partial charge in [0.2, 0.25) is 0 Å². The number of rotatable bonds is 5. The van der Waals surface area contributed by atoms with Crippen LogP contribution in [0, 0.1) is 5.92 Å². The van der Waals surface area contributed by atoms with Gasteiger partial charge in [-0.05, 0) is 18.4 Å². The molecule has 21 heavy (non-hydrogen) atoms. The van der Waals surface area contributed by atoms with E-state index in [0.717, 1.165) is 58.4 Å². The highest BCUT2D eigenvalue weighted by atomic mass is 16.5. The van der Waals surface area contributed by atoms with Crippen LogP contribution in [0.5, 0.6) is 0 Å². The molecule has 0 unspecified atom stereocenters. The van der Waals surface area contributed by atoms with Crippen LogP contribution in [0.2, 0.25) is 0 Å². The van der Waals surface area contributed by atoms with Crippen LogP contribution in [0.3, 0.4) is 0 Å². The Labute approximate surface area is 126 Å². The average Bonchev–Trinajstić information content (AvgIpc) is 2.94. The molecule has 0 amide bonds. The van der Waals surface area contributed by atoms with Crippen molar-refractivity contribution in [3.8, 4) is 0 Å². The topological polar surface area (TPSA) is 37.8 Å². The Hall–Kier alpha value is -1.17. The minimum absolute atomic E-state index is 0.690. The van der Waals surface area contributed by atoms with Crippen LogP contribution in [0.4, 0.5) is 5.82 Å². The molecule has 0 spiro atoms. The molecule has 3 rings (SSSR count). The lowest BCUT2D eigenvalue weighted by atomic mass is 10.1. The number of methoxy groups -OCH3 is 1. The Morgan fingerprint density at radius 2 is 2.38 bits per heavy atom. The van der Waals surface area contributed by atoms with E-state index in [1.54, 1.807) is 7.11 Å². The van der Waals surface area contributed by atoms with Crippen molar-refractivity contribution in [2.75, 3.05) is 58.0 Å². The number of ether oxygens (including phenoxy) is 2. The first kappa shape index (κ1) is 14.8. The van der Waals surface area contributed by atoms with Crippen LogP contribution >= 0.6 is 0 Å². The molecule has 116 valence electrons. The second kappa shape index (κ2) is 7.20. The van der Waals surface area contributed by atoms with Gasteiger partial charge in [0.05, 0.1) is 13.2 Å². The number of hydrogen-bond acceptors (Lipinski definition) is 5. The molecule has 1 aromatic rings. The Kier molecular flexibility index (Phi) is 5.06. The third-order valence-corrected chi connectivity index (χ3v) is 4.35. The highest BCUT2D eigenvalue weighted by Crippen LogP contribution is 2.24. The standard InChI is InChI=1S/C16H25N3O2/c1-20-10-8-19-7-6-18(11-14-4-9-21-13-14)12-15-3-2-5-17-16(15)19/h2-3,5,14H,4,6-13H2,1H3/t14-/m1/s1. The first-order chi connectivity index (χ1) is 10.4. The van der Waals surface area contributed by atoms with E-state index in [1.807, 2.05) is 12.3 Å². The van der Waals surface area contributed by atoms with E-state index < -0.39 is 0 Å². The van der Waals surface area contributed by atoms with Crippen molar-refractivity contribution in [2.24, 2.45) is 5.92 Å². The van der Waals surface area contributed by atoms with Gasteiger partial charge in [0.1, 0.15) is 5.82 Å². The number of aromatic nitrogens is 1. The van der Waals surface area contributed by atoms with Crippen molar-refractivity contribution in [3.05, 3.63) is 23.9 Å². The minimum Gasteiger partial charge on any atom is -0.383 e. The highest BCUT2D eigenvalue weighted by molar-refractivity contribution is 5.47. The summed E-state index contributed by atoms with van der Waals surface area (Å²) in [6.45, 7) is 7.71. The predicted molar refractivity (Wildman–Crippen MR) is 82.5 cm³/mol. The first-order valence-corrected chi connectivity index (χ1v) is 7.84. The van der Waals surface area contributed by atoms with Gasteiger partial charge in [-0.1, -0.05) is 6.07 Å². The van der Waals surface area contributed by atoms with E-state index >= 15 is 0 Å². The lowest BCUT2D eigenvalue weighted by Gasteiger charge is -2.24. The first-order valence-electron chi connectivity index (χ1n) is 7.84. The lowest BCUT2D eigenvalue weighted by Crippen LogP contribution is -2.35. The molecule has 0 aromatic carbocycles. The maximum absolute atomic E-state index is 5.51. The molecule has 1 aromatic heterocycles. The monoisotopic (exact) mass is 291 g/mol. The Bertz CT molecular complexity index is 449. The van der Waals surface area contributed by atoms with Crippen LogP contribution in [-0.4, -0.2) is 63.0 Å². The summed E-state index contributed by atoms with van der Waals surface area (Å²) in [4.78, 5) is 9.50. The molecule has 1 saturated heterocycles. The van der Waals surface area contributed by atoms with Crippen molar-refractivity contribution >= 4 is 5.82 Å². The molecule has 2 aliphatic heterocycles. The zero-order chi connectivity index (χ0) is 14.5. The lowest BCUT2D eigenvalue weighted by molar-refractivity contribution is 0.166. The second-order valence-electron chi connectivity index (χ2n) is 5.93. The summed E-state index contributed by atoms with van der Waals surface area (Å²) >= 11 is 0. The van der Waals surface area contributed by atoms with Crippen molar-refractivity contribution < 1.29 is 9.47 Å². The van der Waals surface area contributed by atoms with Crippen LogP contribution in [0.25, 0.3) is 0 Å². The van der Waals surface area contributed by atoms with Gasteiger partial charge >= 0.3 is 0 Å². The fourth-order valence-electron chi connectivity index (χ4n) is 3.19. The second-order valence-corrected chi connectivity index (χ2v) is 5.93. The smallest absolute Gasteiger partial charge is 0.133 e. The summed E-state index contributed by atoms with van der Waals surface area (Å²) in [6, 6.07) is 4.24. The maximum atomic E-state index is 5.51. The fourth-order valence-corrected chi connectivity index (χ4v) is 3.19. The van der Waals surface area contributed by atoms with Gasteiger partial charge in [0.15, 0.2) is 0 Å². The SMILES string of the molecule is COCCN1CCN(C[C@H]2CCOC2)Cc2cccnc21. The Balaban J connectivity index is 1.70. The van der Waals surface area contributed by atoms with Crippen molar-refractivity contribution in [1.29, 1.82) is 0 Å². The molecule has 5 nitrogen and oxygen atoms in total. The van der Waals surface area contributed by atoms with Gasteiger partial charge in [-0.25, -0.2) is 4.98 Å². The number of fused-ring (bicyclic) bond motifs is 1. The van der Waals surface area contributed by atoms with Gasteiger partial charge in [0, 0.05) is 58.2 Å². The number of hydrogen-bond donors (Lipinski definition) is 0. The molecule has 0 saturated carbocycles. The Morgan fingerprint density at radius 1 is 1.43 bits per heavy atom. The fraction of sp³-hybridized carbons (Fsp3) is 0.688. The third kappa shape index (κ3) is 3.73. The average molecular weight is 291 g/mol. The molecule has 5 heteroatoms. The summed E-state index contributed by atoms with van der Waals surface area (Å²) in [7, 11) is 1.75. The van der Waals surface area contributed by atoms with Crippen molar-refractivity contribution in [2.45, 2.75) is 13.0 Å². The molecule has 3 heterocycles. The molecular weight excluding hydrogens is 266 g/mol. The van der Waals surface area contributed by atoms with Crippen LogP contribution in [0.1, 0.15) is 12.0 Å². The quantitative estimate of drug-likeness (QED) is 0.819. The number of nitrogens with zero attached hydrogens (tertiary/aromatic N) is 3. The van der Waals surface area contributed by atoms with Gasteiger partial charge in [-0.3, -0.25) is 4.90 Å². The van der Waals surface area contributed by atoms with E-state index in [4.69, 9.17) is 9.47 Å². The molecular formula is C16H25N3O2. The highest BCUT2D eigenvalue weighted by Gasteiger charge is 2.24. The van der Waals surface area contributed by atoms with Crippen LogP contribution < -0.4 is 4.90 Å². The van der Waals surface area contributed by atoms with E-state index in [2.05, 4.69) is 20.9 Å². The van der Waals surface area contributed by atoms with Crippen molar-refractivity contribution in [1.82, 2.24) is 9.88 Å². The summed E-state index contributed by atoms with van der Waals surface area (Å²) < 4.78 is 10.7. The van der Waals surface area contributed by atoms with Crippen molar-refractivity contribution in [3.63, 3.8) is 0 Å². The summed E-state index contributed by atoms with van der Waals surface area (Å²) in [5.41, 5.74) is 1.32. The zero-order valence-corrected chi connectivity index (χ0v) is 12.8. The van der Waals surface area contributed by atoms with Crippen LogP contribution in [-0.2, 0) is 16.0 Å². The van der Waals surface area contributed by atoms with Gasteiger partial charge < -0.3 is 14.4 Å².